The summed E-state index contributed by atoms with van der Waals surface area (Å²) in [6, 6.07) is 0. The van der Waals surface area contributed by atoms with Crippen LogP contribution >= 0.6 is 0 Å². The largest absolute Gasteiger partial charge is 4.00 e. The van der Waals surface area contributed by atoms with Crippen molar-refractivity contribution in [2.75, 3.05) is 0 Å². The van der Waals surface area contributed by atoms with Crippen molar-refractivity contribution in [1.29, 1.82) is 0 Å². The Labute approximate surface area is 142 Å². The van der Waals surface area contributed by atoms with Crippen LogP contribution in [0.2, 0.25) is 0 Å². The smallest absolute Gasteiger partial charge is 0.344 e. The summed E-state index contributed by atoms with van der Waals surface area (Å²) >= 11 is 0. The minimum atomic E-state index is -1.50. The third-order valence-electron chi connectivity index (χ3n) is 0. The maximum absolute atomic E-state index is 8.36. The molecule has 0 spiro atoms. The van der Waals surface area contributed by atoms with E-state index in [0.29, 0.717) is 0 Å². The summed E-state index contributed by atoms with van der Waals surface area (Å²) in [5.41, 5.74) is 0. The van der Waals surface area contributed by atoms with Gasteiger partial charge in [-0.1, -0.05) is 27.7 Å². The molecule has 0 aromatic heterocycles. The van der Waals surface area contributed by atoms with Gasteiger partial charge in [-0.3, -0.25) is 0 Å². The van der Waals surface area contributed by atoms with Gasteiger partial charge in [0.05, 0.1) is 0 Å². The molecule has 0 heterocycles. The molecule has 17 heavy (non-hydrogen) atoms. The Morgan fingerprint density at radius 1 is 0.882 bits per heavy atom. The molecule has 4 nitrogen and oxygen atoms in total. The van der Waals surface area contributed by atoms with Crippen LogP contribution in [0.5, 0.6) is 0 Å². The Hall–Kier alpha value is 0.577. The van der Waals surface area contributed by atoms with Crippen molar-refractivity contribution >= 4 is 0 Å². The van der Waals surface area contributed by atoms with Crippen LogP contribution in [0.25, 0.3) is 0 Å². The fraction of sp³-hybridized carbons (Fsp3) is 0.667. The number of hydrogen-bond donors (Lipinski definition) is 1. The van der Waals surface area contributed by atoms with Crippen molar-refractivity contribution in [3.05, 3.63) is 37.8 Å². The van der Waals surface area contributed by atoms with E-state index in [1.54, 1.807) is 0 Å². The number of hydrogen-bond acceptors (Lipinski definition) is 2. The van der Waals surface area contributed by atoms with Gasteiger partial charge in [-0.2, -0.15) is 25.7 Å². The van der Waals surface area contributed by atoms with Crippen LogP contribution in [0, 0.1) is 79.6 Å². The second kappa shape index (κ2) is 70.1. The first-order chi connectivity index (χ1) is 7.39. The monoisotopic (exact) mass is 375 g/mol. The first-order valence-electron chi connectivity index (χ1n) is 5.39. The summed E-state index contributed by atoms with van der Waals surface area (Å²) < 4.78 is 0. The Balaban J connectivity index is -0.0000000221. The third-order valence-corrected chi connectivity index (χ3v) is 0. The molecule has 0 aliphatic rings. The molecule has 0 atom stereocenters. The molecule has 0 aliphatic heterocycles. The van der Waals surface area contributed by atoms with E-state index < -0.39 is 5.09 Å². The van der Waals surface area contributed by atoms with Crippen LogP contribution < -0.4 is 0 Å². The average molecular weight is 375 g/mol. The van der Waals surface area contributed by atoms with E-state index in [1.807, 2.05) is 27.7 Å². The van der Waals surface area contributed by atoms with Gasteiger partial charge in [0.25, 0.3) is 5.09 Å². The second-order valence-electron chi connectivity index (χ2n) is 2.24. The Bertz CT molecular complexity index is 72.2. The van der Waals surface area contributed by atoms with Crippen LogP contribution in [0.3, 0.4) is 0 Å². The fourth-order valence-corrected chi connectivity index (χ4v) is 0. The predicted octanol–water partition coefficient (Wildman–Crippen LogP) is 4.57. The zero-order chi connectivity index (χ0) is 14.4. The minimum Gasteiger partial charge on any atom is -0.344 e. The molecule has 0 bridgehead atoms. The first kappa shape index (κ1) is 36.0. The number of nitrogens with zero attached hydrogens (tertiary/aromatic N) is 1. The van der Waals surface area contributed by atoms with Gasteiger partial charge in [-0.05, 0) is 0 Å². The summed E-state index contributed by atoms with van der Waals surface area (Å²) in [5.74, 6) is 0. The van der Waals surface area contributed by atoms with E-state index in [-0.39, 0.29) is 41.7 Å². The maximum Gasteiger partial charge on any atom is 4.00 e. The molecule has 0 saturated heterocycles. The van der Waals surface area contributed by atoms with Crippen LogP contribution in [0.4, 0.5) is 0 Å². The van der Waals surface area contributed by atoms with Gasteiger partial charge in [0.15, 0.2) is 0 Å². The summed E-state index contributed by atoms with van der Waals surface area (Å²) in [4.78, 5) is 8.36. The standard InChI is InChI=1S/4C3H7.Ce.HNO3/c4*1-3-2;;2-1(3)4/h4*1,3H2,2H3;;(H,2,3,4)/q4*-1;+4;. The molecule has 0 aromatic rings. The molecular weight excluding hydrogens is 346 g/mol. The first-order valence-corrected chi connectivity index (χ1v) is 5.39. The predicted molar refractivity (Wildman–Crippen MR) is 71.4 cm³/mol. The Morgan fingerprint density at radius 3 is 0.882 bits per heavy atom. The summed E-state index contributed by atoms with van der Waals surface area (Å²) in [5, 5.41) is 13.6. The van der Waals surface area contributed by atoms with Crippen molar-refractivity contribution in [2.45, 2.75) is 53.4 Å². The molecule has 0 fully saturated rings. The molecule has 0 radical (unpaired) electrons. The van der Waals surface area contributed by atoms with Crippen molar-refractivity contribution in [2.24, 2.45) is 0 Å². The van der Waals surface area contributed by atoms with Gasteiger partial charge < -0.3 is 32.9 Å². The molecular formula is C12H29CeNO3. The van der Waals surface area contributed by atoms with E-state index in [0.717, 1.165) is 25.7 Å². The van der Waals surface area contributed by atoms with Gasteiger partial charge in [-0.25, -0.2) is 0 Å². The quantitative estimate of drug-likeness (QED) is 0.383. The van der Waals surface area contributed by atoms with Gasteiger partial charge >= 0.3 is 41.7 Å². The Morgan fingerprint density at radius 2 is 0.882 bits per heavy atom. The van der Waals surface area contributed by atoms with Gasteiger partial charge in [0, 0.05) is 0 Å². The molecule has 0 unspecified atom stereocenters. The van der Waals surface area contributed by atoms with Gasteiger partial charge in [-0.15, -0.1) is 10.1 Å². The zero-order valence-corrected chi connectivity index (χ0v) is 15.0. The number of rotatable bonds is 0. The van der Waals surface area contributed by atoms with E-state index in [9.17, 15) is 0 Å². The SMILES string of the molecule is O=[N+]([O-])O.[CH2-]CC.[CH2-]CC.[CH2-]CC.[CH2-]CC.[Ce+4]. The van der Waals surface area contributed by atoms with Crippen molar-refractivity contribution < 1.29 is 52.0 Å². The minimum absolute atomic E-state index is 0. The van der Waals surface area contributed by atoms with Crippen molar-refractivity contribution in [3.8, 4) is 0 Å². The topological polar surface area (TPSA) is 63.4 Å². The summed E-state index contributed by atoms with van der Waals surface area (Å²) in [7, 11) is 0. The van der Waals surface area contributed by atoms with Crippen LogP contribution in [0.1, 0.15) is 53.4 Å². The van der Waals surface area contributed by atoms with E-state index in [4.69, 9.17) is 15.3 Å². The van der Waals surface area contributed by atoms with E-state index in [2.05, 4.69) is 27.7 Å². The molecule has 0 rings (SSSR count). The third kappa shape index (κ3) is 10600. The second-order valence-corrected chi connectivity index (χ2v) is 2.24. The summed E-state index contributed by atoms with van der Waals surface area (Å²) in [6.45, 7) is 22.0. The fourth-order valence-electron chi connectivity index (χ4n) is 0. The maximum atomic E-state index is 8.36. The molecule has 5 heteroatoms. The average Bonchev–Trinajstić information content (AvgIpc) is 2.06. The molecule has 0 amide bonds. The van der Waals surface area contributed by atoms with Crippen LogP contribution in [-0.2, 0) is 0 Å². The molecule has 0 aliphatic carbocycles. The molecule has 104 valence electrons. The molecule has 0 saturated carbocycles. The van der Waals surface area contributed by atoms with E-state index >= 15 is 0 Å². The Kier molecular flexibility index (Phi) is 149. The van der Waals surface area contributed by atoms with Gasteiger partial charge in [0.1, 0.15) is 0 Å². The van der Waals surface area contributed by atoms with Gasteiger partial charge in [0.2, 0.25) is 0 Å². The summed E-state index contributed by atoms with van der Waals surface area (Å²) in [6.07, 6.45) is 4.00. The van der Waals surface area contributed by atoms with Crippen LogP contribution in [-0.4, -0.2) is 10.3 Å². The normalized spacial score (nSPS) is 5.65. The van der Waals surface area contributed by atoms with Crippen LogP contribution in [0.15, 0.2) is 0 Å². The van der Waals surface area contributed by atoms with Crippen molar-refractivity contribution in [1.82, 2.24) is 0 Å². The van der Waals surface area contributed by atoms with Crippen molar-refractivity contribution in [3.63, 3.8) is 0 Å². The van der Waals surface area contributed by atoms with E-state index in [1.165, 1.54) is 0 Å². The molecule has 0 aromatic carbocycles. The zero-order valence-electron chi connectivity index (χ0n) is 11.9. The molecule has 1 N–H and O–H groups in total.